The van der Waals surface area contributed by atoms with Crippen LogP contribution in [0.25, 0.3) is 0 Å². The predicted molar refractivity (Wildman–Crippen MR) is 110 cm³/mol. The summed E-state index contributed by atoms with van der Waals surface area (Å²) in [5, 5.41) is 13.1. The Labute approximate surface area is 170 Å². The molecule has 3 N–H and O–H groups in total. The van der Waals surface area contributed by atoms with E-state index in [1.165, 1.54) is 36.4 Å². The second kappa shape index (κ2) is 9.54. The number of amides is 2. The van der Waals surface area contributed by atoms with E-state index in [4.69, 9.17) is 0 Å². The van der Waals surface area contributed by atoms with Crippen LogP contribution >= 0.6 is 0 Å². The van der Waals surface area contributed by atoms with Gasteiger partial charge in [-0.15, -0.1) is 0 Å². The number of likely N-dealkylation sites (tertiary alicyclic amines) is 1. The highest BCUT2D eigenvalue weighted by molar-refractivity contribution is 6.01. The highest BCUT2D eigenvalue weighted by atomic mass is 16.6. The fourth-order valence-electron chi connectivity index (χ4n) is 3.76. The molecule has 1 heterocycles. The normalized spacial score (nSPS) is 14.6. The monoisotopic (exact) mass is 397 g/mol. The average molecular weight is 397 g/mol. The summed E-state index contributed by atoms with van der Waals surface area (Å²) in [6.07, 6.45) is 1.79. The van der Waals surface area contributed by atoms with Crippen LogP contribution in [0.15, 0.2) is 42.5 Å². The first-order valence-electron chi connectivity index (χ1n) is 9.72. The molecule has 0 radical (unpaired) electrons. The minimum absolute atomic E-state index is 0.00827. The Hall–Kier alpha value is -2.90. The molecular formula is C22H27N3O4. The van der Waals surface area contributed by atoms with Crippen LogP contribution in [0.3, 0.4) is 0 Å². The van der Waals surface area contributed by atoms with Crippen molar-refractivity contribution in [2.75, 3.05) is 27.2 Å². The van der Waals surface area contributed by atoms with Gasteiger partial charge in [-0.25, -0.2) is 5.48 Å². The predicted octanol–water partition coefficient (Wildman–Crippen LogP) is 2.42. The Morgan fingerprint density at radius 3 is 2.62 bits per heavy atom. The first kappa shape index (κ1) is 20.8. The van der Waals surface area contributed by atoms with Crippen LogP contribution in [0.5, 0.6) is 5.75 Å². The van der Waals surface area contributed by atoms with Crippen molar-refractivity contribution >= 4 is 11.8 Å². The smallest absolute Gasteiger partial charge is 0.278 e. The number of phenolic OH excluding ortho intramolecular Hbond substituents is 1. The maximum Gasteiger partial charge on any atom is 0.278 e. The van der Waals surface area contributed by atoms with E-state index < -0.39 is 5.91 Å². The Balaban J connectivity index is 1.66. The number of nitrogens with zero attached hydrogens (tertiary/aromatic N) is 1. The zero-order valence-corrected chi connectivity index (χ0v) is 16.8. The molecule has 7 nitrogen and oxygen atoms in total. The number of aromatic hydroxyl groups is 1. The highest BCUT2D eigenvalue weighted by Crippen LogP contribution is 2.29. The Bertz CT molecular complexity index is 876. The third-order valence-electron chi connectivity index (χ3n) is 5.27. The SMILES string of the molecule is CNCc1cccc(C2CCN(C(=O)c3ccc(O)c(C(=O)NOC)c3)CC2)c1. The van der Waals surface area contributed by atoms with E-state index in [2.05, 4.69) is 39.9 Å². The first-order valence-corrected chi connectivity index (χ1v) is 9.72. The fraction of sp³-hybridized carbons (Fsp3) is 0.364. The van der Waals surface area contributed by atoms with E-state index in [0.29, 0.717) is 24.6 Å². The summed E-state index contributed by atoms with van der Waals surface area (Å²) >= 11 is 0. The lowest BCUT2D eigenvalue weighted by atomic mass is 9.88. The summed E-state index contributed by atoms with van der Waals surface area (Å²) in [5.74, 6) is -0.506. The lowest BCUT2D eigenvalue weighted by Gasteiger charge is -2.32. The van der Waals surface area contributed by atoms with Crippen LogP contribution in [0, 0.1) is 0 Å². The third-order valence-corrected chi connectivity index (χ3v) is 5.27. The number of phenols is 1. The molecule has 29 heavy (non-hydrogen) atoms. The van der Waals surface area contributed by atoms with E-state index in [1.807, 2.05) is 7.05 Å². The zero-order chi connectivity index (χ0) is 20.8. The summed E-state index contributed by atoms with van der Waals surface area (Å²) in [5.41, 5.74) is 5.11. The van der Waals surface area contributed by atoms with Gasteiger partial charge < -0.3 is 15.3 Å². The molecule has 3 rings (SSSR count). The lowest BCUT2D eigenvalue weighted by molar-refractivity contribution is 0.0535. The molecule has 0 spiro atoms. The standard InChI is InChI=1S/C22H27N3O4/c1-23-14-15-4-3-5-17(12-15)16-8-10-25(11-9-16)22(28)18-6-7-20(26)19(13-18)21(27)24-29-2/h3-7,12-13,16,23,26H,8-11,14H2,1-2H3,(H,24,27). The van der Waals surface area contributed by atoms with Crippen molar-refractivity contribution in [3.05, 3.63) is 64.7 Å². The molecule has 1 aliphatic heterocycles. The van der Waals surface area contributed by atoms with Crippen LogP contribution in [0.1, 0.15) is 50.6 Å². The molecule has 1 saturated heterocycles. The number of nitrogens with one attached hydrogen (secondary N) is 2. The molecule has 1 fully saturated rings. The van der Waals surface area contributed by atoms with Gasteiger partial charge in [0.1, 0.15) is 5.75 Å². The molecule has 7 heteroatoms. The van der Waals surface area contributed by atoms with Gasteiger partial charge >= 0.3 is 0 Å². The largest absolute Gasteiger partial charge is 0.507 e. The number of rotatable bonds is 6. The molecule has 1 aliphatic rings. The summed E-state index contributed by atoms with van der Waals surface area (Å²) < 4.78 is 0. The van der Waals surface area contributed by atoms with E-state index in [-0.39, 0.29) is 17.2 Å². The number of hydrogen-bond acceptors (Lipinski definition) is 5. The number of benzene rings is 2. The van der Waals surface area contributed by atoms with Gasteiger partial charge in [0.25, 0.3) is 11.8 Å². The molecular weight excluding hydrogens is 370 g/mol. The van der Waals surface area contributed by atoms with Gasteiger partial charge in [0.2, 0.25) is 0 Å². The van der Waals surface area contributed by atoms with Gasteiger partial charge in [0, 0.05) is 25.2 Å². The minimum atomic E-state index is -0.597. The zero-order valence-electron chi connectivity index (χ0n) is 16.8. The van der Waals surface area contributed by atoms with Crippen LogP contribution in [-0.2, 0) is 11.4 Å². The molecule has 0 atom stereocenters. The number of carbonyl (C=O) groups excluding carboxylic acids is 2. The van der Waals surface area contributed by atoms with Crippen molar-refractivity contribution in [2.24, 2.45) is 0 Å². The molecule has 0 bridgehead atoms. The van der Waals surface area contributed by atoms with Crippen LogP contribution in [0.2, 0.25) is 0 Å². The summed E-state index contributed by atoms with van der Waals surface area (Å²) in [6.45, 7) is 2.14. The lowest BCUT2D eigenvalue weighted by Crippen LogP contribution is -2.38. The molecule has 2 aromatic rings. The number of hydrogen-bond donors (Lipinski definition) is 3. The van der Waals surface area contributed by atoms with Crippen molar-refractivity contribution in [1.29, 1.82) is 0 Å². The molecule has 0 aliphatic carbocycles. The number of hydroxylamine groups is 1. The number of carbonyl (C=O) groups is 2. The van der Waals surface area contributed by atoms with Crippen LogP contribution < -0.4 is 10.8 Å². The van der Waals surface area contributed by atoms with Crippen molar-refractivity contribution in [3.63, 3.8) is 0 Å². The van der Waals surface area contributed by atoms with E-state index in [9.17, 15) is 14.7 Å². The van der Waals surface area contributed by atoms with Crippen LogP contribution in [0.4, 0.5) is 0 Å². The molecule has 0 saturated carbocycles. The Kier molecular flexibility index (Phi) is 6.85. The molecule has 0 unspecified atom stereocenters. The van der Waals surface area contributed by atoms with Crippen molar-refractivity contribution < 1.29 is 19.5 Å². The quantitative estimate of drug-likeness (QED) is 0.652. The van der Waals surface area contributed by atoms with Crippen LogP contribution in [-0.4, -0.2) is 49.1 Å². The summed E-state index contributed by atoms with van der Waals surface area (Å²) in [4.78, 5) is 31.3. The number of piperidine rings is 1. The molecule has 2 aromatic carbocycles. The van der Waals surface area contributed by atoms with E-state index >= 15 is 0 Å². The maximum atomic E-state index is 12.9. The topological polar surface area (TPSA) is 90.9 Å². The first-order chi connectivity index (χ1) is 14.0. The second-order valence-electron chi connectivity index (χ2n) is 7.21. The maximum absolute atomic E-state index is 12.9. The van der Waals surface area contributed by atoms with E-state index in [0.717, 1.165) is 19.4 Å². The summed E-state index contributed by atoms with van der Waals surface area (Å²) in [7, 11) is 3.24. The van der Waals surface area contributed by atoms with Gasteiger partial charge in [-0.1, -0.05) is 24.3 Å². The van der Waals surface area contributed by atoms with Gasteiger partial charge in [0.15, 0.2) is 0 Å². The fourth-order valence-corrected chi connectivity index (χ4v) is 3.76. The molecule has 154 valence electrons. The second-order valence-corrected chi connectivity index (χ2v) is 7.21. The van der Waals surface area contributed by atoms with Gasteiger partial charge in [-0.2, -0.15) is 0 Å². The molecule has 2 amide bonds. The van der Waals surface area contributed by atoms with Crippen molar-refractivity contribution in [2.45, 2.75) is 25.3 Å². The highest BCUT2D eigenvalue weighted by Gasteiger charge is 2.25. The van der Waals surface area contributed by atoms with Gasteiger partial charge in [0.05, 0.1) is 12.7 Å². The van der Waals surface area contributed by atoms with E-state index in [1.54, 1.807) is 4.90 Å². The van der Waals surface area contributed by atoms with Crippen molar-refractivity contribution in [1.82, 2.24) is 15.7 Å². The summed E-state index contributed by atoms with van der Waals surface area (Å²) in [6, 6.07) is 12.9. The molecule has 0 aromatic heterocycles. The van der Waals surface area contributed by atoms with Crippen molar-refractivity contribution in [3.8, 4) is 5.75 Å². The van der Waals surface area contributed by atoms with Gasteiger partial charge in [-0.3, -0.25) is 14.4 Å². The average Bonchev–Trinajstić information content (AvgIpc) is 2.74. The third kappa shape index (κ3) is 4.93. The van der Waals surface area contributed by atoms with Gasteiger partial charge in [-0.05, 0) is 55.1 Å². The Morgan fingerprint density at radius 2 is 1.93 bits per heavy atom. The minimum Gasteiger partial charge on any atom is -0.507 e. The Morgan fingerprint density at radius 1 is 1.17 bits per heavy atom.